The molecular formula is HfN3. The first kappa shape index (κ1) is 4.18. The molecule has 0 aliphatic carbocycles. The molecule has 4 heteroatoms. The van der Waals surface area contributed by atoms with E-state index in [-0.39, 0.29) is 0 Å². The van der Waals surface area contributed by atoms with Gasteiger partial charge in [-0.05, 0) is 0 Å². The number of rotatable bonds is 0. The standard InChI is InChI=1S/Hf.N3/c;1-3-2/q+1;-1. The fraction of sp³-hybridized carbons (Fsp3) is 0. The Bertz CT molecular complexity index is 41.2. The zero-order valence-corrected chi connectivity index (χ0v) is 5.43. The minimum absolute atomic E-state index is 0.598. The van der Waals surface area contributed by atoms with Crippen molar-refractivity contribution in [1.29, 1.82) is 0 Å². The van der Waals surface area contributed by atoms with Gasteiger partial charge in [0.1, 0.15) is 0 Å². The van der Waals surface area contributed by atoms with E-state index in [1.165, 1.54) is 0 Å². The molecule has 0 saturated carbocycles. The summed E-state index contributed by atoms with van der Waals surface area (Å²) in [5.41, 5.74) is 7.37. The van der Waals surface area contributed by atoms with Crippen LogP contribution in [0.2, 0.25) is 0 Å². The molecule has 0 rings (SSSR count). The summed E-state index contributed by atoms with van der Waals surface area (Å²) in [6, 6.07) is 0. The van der Waals surface area contributed by atoms with Crippen LogP contribution in [0.1, 0.15) is 0 Å². The minimum atomic E-state index is 0.598. The average Bonchev–Trinajstić information content (AvgIpc) is 1.37. The summed E-state index contributed by atoms with van der Waals surface area (Å²) in [5, 5.41) is 0. The van der Waals surface area contributed by atoms with E-state index in [0.717, 1.165) is 0 Å². The molecule has 0 aromatic heterocycles. The normalized spacial score (nSPS) is 3.75. The summed E-state index contributed by atoms with van der Waals surface area (Å²) in [5.74, 6) is 0. The Morgan fingerprint density at radius 1 is 2.00 bits per heavy atom. The fourth-order valence-electron chi connectivity index (χ4n) is 0. The molecule has 0 aliphatic heterocycles. The van der Waals surface area contributed by atoms with Gasteiger partial charge in [0.2, 0.25) is 0 Å². The molecule has 0 bridgehead atoms. The first-order valence-electron chi connectivity index (χ1n) is 0.624. The first-order chi connectivity index (χ1) is 1.91. The molecule has 0 spiro atoms. The molecule has 0 radical (unpaired) electrons. The van der Waals surface area contributed by atoms with Gasteiger partial charge >= 0.3 is 38.2 Å². The molecule has 0 unspecified atom stereocenters. The Labute approximate surface area is 38.6 Å². The monoisotopic (exact) mass is 222 g/mol. The molecule has 0 saturated heterocycles. The van der Waals surface area contributed by atoms with Crippen molar-refractivity contribution in [3.05, 3.63) is 10.4 Å². The molecule has 4 heavy (non-hydrogen) atoms. The van der Waals surface area contributed by atoms with Crippen LogP contribution in [0, 0.1) is 0 Å². The van der Waals surface area contributed by atoms with E-state index in [9.17, 15) is 0 Å². The van der Waals surface area contributed by atoms with Gasteiger partial charge < -0.3 is 0 Å². The zero-order chi connectivity index (χ0) is 3.41. The summed E-state index contributed by atoms with van der Waals surface area (Å²) in [7, 11) is 0. The predicted molar refractivity (Wildman–Crippen MR) is 9.15 cm³/mol. The van der Waals surface area contributed by atoms with Gasteiger partial charge in [0.15, 0.2) is 0 Å². The number of hydrogen-bond donors (Lipinski definition) is 0. The van der Waals surface area contributed by atoms with Crippen molar-refractivity contribution >= 4 is 0 Å². The number of nitrogens with zero attached hydrogens (tertiary/aromatic N) is 3. The molecule has 0 amide bonds. The van der Waals surface area contributed by atoms with Gasteiger partial charge in [0.25, 0.3) is 0 Å². The molecule has 0 fully saturated rings. The van der Waals surface area contributed by atoms with Crippen LogP contribution in [0.5, 0.6) is 0 Å². The molecule has 0 heterocycles. The first-order valence-corrected chi connectivity index (χ1v) is 2.23. The van der Waals surface area contributed by atoms with Crippen molar-refractivity contribution in [2.45, 2.75) is 0 Å². The maximum absolute atomic E-state index is 7.37. The summed E-state index contributed by atoms with van der Waals surface area (Å²) in [6.45, 7) is 0. The van der Waals surface area contributed by atoms with Crippen molar-refractivity contribution in [3.8, 4) is 0 Å². The molecule has 0 aromatic rings. The van der Waals surface area contributed by atoms with Gasteiger partial charge in [-0.15, -0.1) is 0 Å². The average molecular weight is 221 g/mol. The maximum atomic E-state index is 7.37. The summed E-state index contributed by atoms with van der Waals surface area (Å²) >= 11 is 0.598. The molecule has 19 valence electrons. The Hall–Kier alpha value is 0.180. The van der Waals surface area contributed by atoms with Crippen LogP contribution in [0.25, 0.3) is 10.4 Å². The SMILES string of the molecule is [N-]=[N+]=[N][Hf]. The van der Waals surface area contributed by atoms with E-state index < -0.39 is 0 Å². The van der Waals surface area contributed by atoms with Gasteiger partial charge in [-0.25, -0.2) is 0 Å². The third kappa shape index (κ3) is 2.18. The van der Waals surface area contributed by atoms with Gasteiger partial charge in [-0.3, -0.25) is 0 Å². The Kier molecular flexibility index (Phi) is 3.32. The zero-order valence-electron chi connectivity index (χ0n) is 1.84. The second-order valence-corrected chi connectivity index (χ2v) is 0.908. The van der Waals surface area contributed by atoms with Gasteiger partial charge in [0.05, 0.1) is 0 Å². The van der Waals surface area contributed by atoms with Crippen LogP contribution in [0.3, 0.4) is 0 Å². The van der Waals surface area contributed by atoms with Crippen LogP contribution >= 0.6 is 0 Å². The van der Waals surface area contributed by atoms with Crippen molar-refractivity contribution in [3.63, 3.8) is 0 Å². The number of azide groups is 1. The summed E-state index contributed by atoms with van der Waals surface area (Å²) in [6.07, 6.45) is 0. The molecule has 0 aliphatic rings. The van der Waals surface area contributed by atoms with Crippen molar-refractivity contribution in [1.82, 2.24) is 0 Å². The van der Waals surface area contributed by atoms with Crippen LogP contribution in [0.4, 0.5) is 0 Å². The summed E-state index contributed by atoms with van der Waals surface area (Å²) < 4.78 is 3.06. The predicted octanol–water partition coefficient (Wildman–Crippen LogP) is 0.759. The number of hydrogen-bond acceptors (Lipinski definition) is 1. The van der Waals surface area contributed by atoms with E-state index in [0.29, 0.717) is 24.7 Å². The molecule has 0 atom stereocenters. The van der Waals surface area contributed by atoms with Gasteiger partial charge in [-0.1, -0.05) is 0 Å². The van der Waals surface area contributed by atoms with E-state index >= 15 is 0 Å². The van der Waals surface area contributed by atoms with Gasteiger partial charge in [-0.2, -0.15) is 0 Å². The third-order valence-electron chi connectivity index (χ3n) is 0.0447. The van der Waals surface area contributed by atoms with Crippen molar-refractivity contribution in [2.24, 2.45) is 3.10 Å². The second-order valence-electron chi connectivity index (χ2n) is 0.189. The van der Waals surface area contributed by atoms with E-state index in [1.54, 1.807) is 0 Å². The van der Waals surface area contributed by atoms with E-state index in [2.05, 4.69) is 8.01 Å². The quantitative estimate of drug-likeness (QED) is 0.250. The Balaban J connectivity index is 3.11. The molecular weight excluding hydrogens is 221 g/mol. The van der Waals surface area contributed by atoms with E-state index in [4.69, 9.17) is 5.53 Å². The Morgan fingerprint density at radius 3 is 2.25 bits per heavy atom. The molecule has 3 nitrogen and oxygen atoms in total. The molecule has 0 aromatic carbocycles. The second kappa shape index (κ2) is 3.18. The van der Waals surface area contributed by atoms with Crippen LogP contribution < -0.4 is 0 Å². The topological polar surface area (TPSA) is 48.8 Å². The summed E-state index contributed by atoms with van der Waals surface area (Å²) in [4.78, 5) is 2.42. The van der Waals surface area contributed by atoms with Crippen LogP contribution in [0.15, 0.2) is 3.10 Å². The van der Waals surface area contributed by atoms with Gasteiger partial charge in [0, 0.05) is 0 Å². The van der Waals surface area contributed by atoms with Crippen molar-refractivity contribution in [2.75, 3.05) is 0 Å². The van der Waals surface area contributed by atoms with E-state index in [1.807, 2.05) is 0 Å². The van der Waals surface area contributed by atoms with Crippen LogP contribution in [-0.4, -0.2) is 0 Å². The molecule has 0 N–H and O–H groups in total. The van der Waals surface area contributed by atoms with Crippen LogP contribution in [-0.2, 0) is 24.7 Å². The fourth-order valence-corrected chi connectivity index (χ4v) is 0. The van der Waals surface area contributed by atoms with Crippen molar-refractivity contribution < 1.29 is 24.7 Å². The third-order valence-corrected chi connectivity index (χ3v) is 0.366. The Morgan fingerprint density at radius 2 is 2.25 bits per heavy atom.